The number of carbonyl (C=O) groups is 1. The first-order valence-electron chi connectivity index (χ1n) is 6.18. The van der Waals surface area contributed by atoms with Gasteiger partial charge in [0.25, 0.3) is 0 Å². The Hall–Kier alpha value is -0.910. The Kier molecular flexibility index (Phi) is 4.20. The highest BCUT2D eigenvalue weighted by Gasteiger charge is 2.45. The number of hydroxylamine groups is 3. The van der Waals surface area contributed by atoms with Gasteiger partial charge in [-0.3, -0.25) is 0 Å². The second-order valence-corrected chi connectivity index (χ2v) is 6.33. The third-order valence-electron chi connectivity index (χ3n) is 3.31. The van der Waals surface area contributed by atoms with Crippen LogP contribution in [0, 0.1) is 0 Å². The average molecular weight is 256 g/mol. The van der Waals surface area contributed by atoms with Crippen LogP contribution in [0.15, 0.2) is 12.2 Å². The average Bonchev–Trinajstić information content (AvgIpc) is 2.21. The monoisotopic (exact) mass is 256 g/mol. The van der Waals surface area contributed by atoms with Gasteiger partial charge in [-0.15, -0.1) is 5.48 Å². The van der Waals surface area contributed by atoms with E-state index in [9.17, 15) is 10.0 Å². The van der Waals surface area contributed by atoms with Crippen LogP contribution >= 0.6 is 0 Å². The van der Waals surface area contributed by atoms with Gasteiger partial charge in [-0.25, -0.2) is 4.79 Å². The van der Waals surface area contributed by atoms with Gasteiger partial charge in [-0.1, -0.05) is 6.58 Å². The molecule has 104 valence electrons. The van der Waals surface area contributed by atoms with Gasteiger partial charge >= 0.3 is 5.97 Å². The number of hydrogen-bond donors (Lipinski definition) is 2. The maximum atomic E-state index is 11.3. The summed E-state index contributed by atoms with van der Waals surface area (Å²) in [6.45, 7) is 13.0. The van der Waals surface area contributed by atoms with Crippen molar-refractivity contribution in [3.8, 4) is 0 Å². The number of nitrogens with zero attached hydrogens (tertiary/aromatic N) is 1. The van der Waals surface area contributed by atoms with E-state index in [-0.39, 0.29) is 17.1 Å². The summed E-state index contributed by atoms with van der Waals surface area (Å²) in [4.78, 5) is 16.3. The van der Waals surface area contributed by atoms with Crippen molar-refractivity contribution in [3.63, 3.8) is 0 Å². The van der Waals surface area contributed by atoms with E-state index in [1.54, 1.807) is 6.92 Å². The summed E-state index contributed by atoms with van der Waals surface area (Å²) >= 11 is 0. The van der Waals surface area contributed by atoms with Crippen LogP contribution in [0.5, 0.6) is 0 Å². The molecule has 1 rings (SSSR count). The Bertz CT molecular complexity index is 332. The fourth-order valence-electron chi connectivity index (χ4n) is 2.58. The summed E-state index contributed by atoms with van der Waals surface area (Å²) in [5, 5.41) is 11.5. The Labute approximate surface area is 109 Å². The Balaban J connectivity index is 2.64. The van der Waals surface area contributed by atoms with Crippen LogP contribution in [0.2, 0.25) is 0 Å². The van der Waals surface area contributed by atoms with Crippen LogP contribution in [-0.2, 0) is 9.63 Å². The van der Waals surface area contributed by atoms with Crippen LogP contribution in [0.3, 0.4) is 0 Å². The molecule has 1 aliphatic rings. The van der Waals surface area contributed by atoms with Crippen molar-refractivity contribution >= 4 is 5.97 Å². The predicted molar refractivity (Wildman–Crippen MR) is 68.8 cm³/mol. The minimum atomic E-state index is -0.447. The molecule has 1 saturated heterocycles. The van der Waals surface area contributed by atoms with Crippen LogP contribution < -0.4 is 5.48 Å². The summed E-state index contributed by atoms with van der Waals surface area (Å²) in [5.41, 5.74) is 2.42. The SMILES string of the molecule is C=C(C)C(=O)ONC1CC(C)(C)N(O)C(C)(C)C1. The lowest BCUT2D eigenvalue weighted by Crippen LogP contribution is -2.62. The maximum absolute atomic E-state index is 11.3. The molecule has 0 amide bonds. The van der Waals surface area contributed by atoms with E-state index < -0.39 is 5.97 Å². The van der Waals surface area contributed by atoms with Crippen molar-refractivity contribution in [2.75, 3.05) is 0 Å². The smallest absolute Gasteiger partial charge is 0.351 e. The minimum absolute atomic E-state index is 0.0155. The lowest BCUT2D eigenvalue weighted by Gasteiger charge is -2.51. The third-order valence-corrected chi connectivity index (χ3v) is 3.31. The Morgan fingerprint density at radius 2 is 1.78 bits per heavy atom. The van der Waals surface area contributed by atoms with Crippen molar-refractivity contribution in [3.05, 3.63) is 12.2 Å². The first-order valence-corrected chi connectivity index (χ1v) is 6.18. The largest absolute Gasteiger partial charge is 0.367 e. The van der Waals surface area contributed by atoms with Gasteiger partial charge in [0, 0.05) is 22.7 Å². The van der Waals surface area contributed by atoms with Gasteiger partial charge in [0.05, 0.1) is 0 Å². The Morgan fingerprint density at radius 1 is 1.33 bits per heavy atom. The van der Waals surface area contributed by atoms with Crippen molar-refractivity contribution < 1.29 is 14.8 Å². The van der Waals surface area contributed by atoms with E-state index >= 15 is 0 Å². The zero-order valence-electron chi connectivity index (χ0n) is 11.9. The highest BCUT2D eigenvalue weighted by molar-refractivity contribution is 5.86. The molecule has 0 saturated carbocycles. The number of carbonyl (C=O) groups excluding carboxylic acids is 1. The molecule has 5 heteroatoms. The van der Waals surface area contributed by atoms with E-state index in [2.05, 4.69) is 12.1 Å². The molecule has 0 atom stereocenters. The summed E-state index contributed by atoms with van der Waals surface area (Å²) < 4.78 is 0. The molecule has 0 aromatic carbocycles. The fourth-order valence-corrected chi connectivity index (χ4v) is 2.58. The van der Waals surface area contributed by atoms with Gasteiger partial charge < -0.3 is 10.0 Å². The summed E-state index contributed by atoms with van der Waals surface area (Å²) in [7, 11) is 0. The van der Waals surface area contributed by atoms with Crippen molar-refractivity contribution in [1.29, 1.82) is 0 Å². The number of piperidine rings is 1. The molecule has 0 aliphatic carbocycles. The van der Waals surface area contributed by atoms with E-state index in [4.69, 9.17) is 4.84 Å². The van der Waals surface area contributed by atoms with E-state index in [0.717, 1.165) is 0 Å². The van der Waals surface area contributed by atoms with Crippen molar-refractivity contribution in [1.82, 2.24) is 10.5 Å². The topological polar surface area (TPSA) is 61.8 Å². The van der Waals surface area contributed by atoms with Crippen LogP contribution in [0.25, 0.3) is 0 Å². The van der Waals surface area contributed by atoms with Crippen molar-refractivity contribution in [2.45, 2.75) is 64.6 Å². The van der Waals surface area contributed by atoms with Gasteiger partial charge in [0.15, 0.2) is 0 Å². The molecular weight excluding hydrogens is 232 g/mol. The summed E-state index contributed by atoms with van der Waals surface area (Å²) in [6.07, 6.45) is 1.38. The standard InChI is InChI=1S/C13H24N2O3/c1-9(2)11(16)18-14-10-7-12(3,4)15(17)13(5,6)8-10/h10,14,17H,1,7-8H2,2-6H3. The van der Waals surface area contributed by atoms with E-state index in [1.807, 2.05) is 27.7 Å². The van der Waals surface area contributed by atoms with Gasteiger partial charge in [-0.05, 0) is 47.5 Å². The molecule has 0 aromatic heterocycles. The predicted octanol–water partition coefficient (Wildman–Crippen LogP) is 2.02. The highest BCUT2D eigenvalue weighted by atomic mass is 16.7. The second-order valence-electron chi connectivity index (χ2n) is 6.33. The van der Waals surface area contributed by atoms with E-state index in [1.165, 1.54) is 5.06 Å². The molecule has 0 bridgehead atoms. The summed E-state index contributed by atoms with van der Waals surface area (Å²) in [5.74, 6) is -0.447. The van der Waals surface area contributed by atoms with Crippen molar-refractivity contribution in [2.24, 2.45) is 0 Å². The molecule has 0 aromatic rings. The summed E-state index contributed by atoms with van der Waals surface area (Å²) in [6, 6.07) is 0.0155. The molecule has 0 spiro atoms. The fraction of sp³-hybridized carbons (Fsp3) is 0.769. The normalized spacial score (nSPS) is 23.7. The molecule has 1 heterocycles. The lowest BCUT2D eigenvalue weighted by molar-refractivity contribution is -0.250. The van der Waals surface area contributed by atoms with Crippen LogP contribution in [0.1, 0.15) is 47.5 Å². The molecule has 5 nitrogen and oxygen atoms in total. The number of hydrogen-bond acceptors (Lipinski definition) is 5. The second kappa shape index (κ2) is 4.99. The zero-order chi connectivity index (χ0) is 14.1. The van der Waals surface area contributed by atoms with Gasteiger partial charge in [0.1, 0.15) is 0 Å². The first kappa shape index (κ1) is 15.1. The molecule has 0 unspecified atom stereocenters. The van der Waals surface area contributed by atoms with Crippen LogP contribution in [0.4, 0.5) is 0 Å². The number of rotatable bonds is 3. The molecule has 1 aliphatic heterocycles. The third kappa shape index (κ3) is 3.31. The highest BCUT2D eigenvalue weighted by Crippen LogP contribution is 2.36. The number of nitrogens with one attached hydrogen (secondary N) is 1. The molecule has 1 fully saturated rings. The maximum Gasteiger partial charge on any atom is 0.351 e. The zero-order valence-corrected chi connectivity index (χ0v) is 11.9. The molecular formula is C13H24N2O3. The lowest BCUT2D eigenvalue weighted by atomic mass is 9.79. The molecule has 0 radical (unpaired) electrons. The molecule has 2 N–H and O–H groups in total. The first-order chi connectivity index (χ1) is 8.06. The quantitative estimate of drug-likeness (QED) is 0.597. The minimum Gasteiger partial charge on any atom is -0.367 e. The Morgan fingerprint density at radius 3 is 2.17 bits per heavy atom. The molecule has 18 heavy (non-hydrogen) atoms. The van der Waals surface area contributed by atoms with Gasteiger partial charge in [0.2, 0.25) is 0 Å². The van der Waals surface area contributed by atoms with Crippen LogP contribution in [-0.4, -0.2) is 33.4 Å². The van der Waals surface area contributed by atoms with Gasteiger partial charge in [-0.2, -0.15) is 5.06 Å². The van der Waals surface area contributed by atoms with E-state index in [0.29, 0.717) is 18.4 Å².